The minimum Gasteiger partial charge on any atom is -0.490 e. The highest BCUT2D eigenvalue weighted by atomic mass is 32.2. The molecule has 0 atom stereocenters. The third-order valence-electron chi connectivity index (χ3n) is 6.90. The predicted molar refractivity (Wildman–Crippen MR) is 169 cm³/mol. The Hall–Kier alpha value is -4.56. The Morgan fingerprint density at radius 2 is 1.63 bits per heavy atom. The van der Waals surface area contributed by atoms with Gasteiger partial charge in [0.1, 0.15) is 5.82 Å². The van der Waals surface area contributed by atoms with Gasteiger partial charge < -0.3 is 19.7 Å². The summed E-state index contributed by atoms with van der Waals surface area (Å²) in [5.74, 6) is 0.688. The van der Waals surface area contributed by atoms with Crippen molar-refractivity contribution in [1.82, 2.24) is 5.32 Å². The first-order valence-corrected chi connectivity index (χ1v) is 15.1. The fourth-order valence-corrected chi connectivity index (χ4v) is 5.83. The number of nitrogens with one attached hydrogen (secondary N) is 1. The highest BCUT2D eigenvalue weighted by Crippen LogP contribution is 2.42. The Bertz CT molecular complexity index is 1640. The second-order valence-electron chi connectivity index (χ2n) is 9.84. The summed E-state index contributed by atoms with van der Waals surface area (Å²) in [5.41, 5.74) is 3.55. The van der Waals surface area contributed by atoms with Crippen LogP contribution in [0.5, 0.6) is 11.5 Å². The molecule has 4 aromatic carbocycles. The monoisotopic (exact) mass is 596 g/mol. The summed E-state index contributed by atoms with van der Waals surface area (Å²) in [5, 5.41) is 2.97. The molecule has 43 heavy (non-hydrogen) atoms. The van der Waals surface area contributed by atoms with Gasteiger partial charge in [0.25, 0.3) is 11.8 Å². The van der Waals surface area contributed by atoms with E-state index in [-0.39, 0.29) is 24.2 Å². The number of fused-ring (bicyclic) bond motifs is 1. The average molecular weight is 597 g/mol. The minimum atomic E-state index is -0.347. The van der Waals surface area contributed by atoms with E-state index in [2.05, 4.69) is 5.32 Å². The van der Waals surface area contributed by atoms with Crippen molar-refractivity contribution in [3.63, 3.8) is 0 Å². The zero-order chi connectivity index (χ0) is 30.2. The van der Waals surface area contributed by atoms with Gasteiger partial charge in [0.05, 0.1) is 30.4 Å². The molecular formula is C35H33FN2O4S. The fourth-order valence-electron chi connectivity index (χ4n) is 4.77. The number of thioether (sulfide) groups is 1. The highest BCUT2D eigenvalue weighted by molar-refractivity contribution is 8.04. The lowest BCUT2D eigenvalue weighted by Crippen LogP contribution is -2.34. The Morgan fingerprint density at radius 3 is 2.40 bits per heavy atom. The van der Waals surface area contributed by atoms with E-state index in [4.69, 9.17) is 9.47 Å². The summed E-state index contributed by atoms with van der Waals surface area (Å²) in [7, 11) is 0. The second kappa shape index (κ2) is 14.1. The molecule has 0 spiro atoms. The van der Waals surface area contributed by atoms with E-state index in [0.717, 1.165) is 21.7 Å². The molecule has 1 heterocycles. The molecule has 2 amide bonds. The normalized spacial score (nSPS) is 13.5. The molecule has 6 nitrogen and oxygen atoms in total. The van der Waals surface area contributed by atoms with Crippen LogP contribution in [0.15, 0.2) is 101 Å². The lowest BCUT2D eigenvalue weighted by molar-refractivity contribution is -0.114. The third kappa shape index (κ3) is 7.27. The number of carbonyl (C=O) groups excluding carboxylic acids is 2. The lowest BCUT2D eigenvalue weighted by Gasteiger charge is -2.30. The average Bonchev–Trinajstić information content (AvgIpc) is 3.02. The van der Waals surface area contributed by atoms with Gasteiger partial charge in [0.2, 0.25) is 0 Å². The molecule has 0 saturated heterocycles. The van der Waals surface area contributed by atoms with Crippen LogP contribution < -0.4 is 19.7 Å². The first kappa shape index (κ1) is 29.9. The molecule has 1 aliphatic heterocycles. The number of carbonyl (C=O) groups is 2. The van der Waals surface area contributed by atoms with Gasteiger partial charge in [-0.3, -0.25) is 9.59 Å². The maximum absolute atomic E-state index is 14.4. The molecule has 5 rings (SSSR count). The number of halogens is 1. The molecule has 1 N–H and O–H groups in total. The Labute approximate surface area is 255 Å². The summed E-state index contributed by atoms with van der Waals surface area (Å²) in [6.45, 7) is 5.55. The number of hydrogen-bond donors (Lipinski definition) is 1. The van der Waals surface area contributed by atoms with E-state index < -0.39 is 0 Å². The summed E-state index contributed by atoms with van der Waals surface area (Å²) in [4.78, 5) is 29.4. The van der Waals surface area contributed by atoms with E-state index in [1.54, 1.807) is 41.3 Å². The summed E-state index contributed by atoms with van der Waals surface area (Å²) in [6.07, 6.45) is 2.45. The molecule has 8 heteroatoms. The molecule has 1 aliphatic rings. The van der Waals surface area contributed by atoms with Crippen LogP contribution in [-0.4, -0.2) is 31.6 Å². The lowest BCUT2D eigenvalue weighted by atomic mass is 10.1. The highest BCUT2D eigenvalue weighted by Gasteiger charge is 2.29. The SMILES string of the molecule is CCOc1ccc(CCNC(=O)c2ccc(/C=C3\Sc4ccccc4N(Cc4ccccc4F)C3=O)cc2)cc1OCC. The standard InChI is InChI=1S/C35H33FN2O4S/c1-3-41-30-18-15-25(21-31(30)42-4-2)19-20-37-34(39)26-16-13-24(14-17-26)22-33-35(40)38(23-27-9-5-6-10-28(27)36)29-11-7-8-12-32(29)43-33/h5-18,21-22H,3-4,19-20,23H2,1-2H3,(H,37,39)/b33-22-. The van der Waals surface area contributed by atoms with Crippen LogP contribution in [0.25, 0.3) is 6.08 Å². The summed E-state index contributed by atoms with van der Waals surface area (Å²) >= 11 is 1.39. The zero-order valence-corrected chi connectivity index (χ0v) is 25.0. The molecule has 0 aliphatic carbocycles. The van der Waals surface area contributed by atoms with Gasteiger partial charge in [-0.25, -0.2) is 4.39 Å². The van der Waals surface area contributed by atoms with Crippen molar-refractivity contribution in [2.45, 2.75) is 31.7 Å². The predicted octanol–water partition coefficient (Wildman–Crippen LogP) is 7.28. The van der Waals surface area contributed by atoms with Crippen LogP contribution >= 0.6 is 11.8 Å². The van der Waals surface area contributed by atoms with Crippen LogP contribution in [0.1, 0.15) is 40.9 Å². The first-order chi connectivity index (χ1) is 21.0. The number of amides is 2. The molecule has 0 aromatic heterocycles. The van der Waals surface area contributed by atoms with E-state index in [1.165, 1.54) is 17.8 Å². The van der Waals surface area contributed by atoms with E-state index >= 15 is 0 Å². The van der Waals surface area contributed by atoms with Crippen molar-refractivity contribution < 1.29 is 23.5 Å². The topological polar surface area (TPSA) is 67.9 Å². The number of hydrogen-bond acceptors (Lipinski definition) is 5. The number of nitrogens with zero attached hydrogens (tertiary/aromatic N) is 1. The van der Waals surface area contributed by atoms with Crippen LogP contribution in [0.4, 0.5) is 10.1 Å². The number of ether oxygens (including phenoxy) is 2. The Kier molecular flexibility index (Phi) is 9.79. The van der Waals surface area contributed by atoms with Gasteiger partial charge in [0.15, 0.2) is 11.5 Å². The third-order valence-corrected chi connectivity index (χ3v) is 7.97. The van der Waals surface area contributed by atoms with Crippen molar-refractivity contribution in [2.75, 3.05) is 24.7 Å². The minimum absolute atomic E-state index is 0.128. The maximum atomic E-state index is 14.4. The van der Waals surface area contributed by atoms with Crippen molar-refractivity contribution in [3.8, 4) is 11.5 Å². The summed E-state index contributed by atoms with van der Waals surface area (Å²) < 4.78 is 25.8. The van der Waals surface area contributed by atoms with E-state index in [1.807, 2.05) is 68.4 Å². The van der Waals surface area contributed by atoms with Gasteiger partial charge in [-0.05, 0) is 79.9 Å². The fraction of sp³-hybridized carbons (Fsp3) is 0.200. The Morgan fingerprint density at radius 1 is 0.907 bits per heavy atom. The van der Waals surface area contributed by atoms with Gasteiger partial charge in [0, 0.05) is 22.6 Å². The molecule has 0 radical (unpaired) electrons. The number of anilines is 1. The van der Waals surface area contributed by atoms with Crippen LogP contribution in [0, 0.1) is 5.82 Å². The molecular weight excluding hydrogens is 563 g/mol. The van der Waals surface area contributed by atoms with E-state index in [0.29, 0.717) is 53.7 Å². The molecule has 220 valence electrons. The van der Waals surface area contributed by atoms with Crippen LogP contribution in [0.3, 0.4) is 0 Å². The Balaban J connectivity index is 1.24. The molecule has 0 fully saturated rings. The van der Waals surface area contributed by atoms with Crippen LogP contribution in [-0.2, 0) is 17.8 Å². The van der Waals surface area contributed by atoms with Gasteiger partial charge in [-0.15, -0.1) is 0 Å². The largest absolute Gasteiger partial charge is 0.490 e. The second-order valence-corrected chi connectivity index (χ2v) is 10.9. The first-order valence-electron chi connectivity index (χ1n) is 14.3. The van der Waals surface area contributed by atoms with Gasteiger partial charge in [-0.1, -0.05) is 60.3 Å². The number of benzene rings is 4. The van der Waals surface area contributed by atoms with Crippen molar-refractivity contribution in [2.24, 2.45) is 0 Å². The number of para-hydroxylation sites is 1. The molecule has 0 bridgehead atoms. The van der Waals surface area contributed by atoms with Crippen molar-refractivity contribution in [3.05, 3.63) is 124 Å². The van der Waals surface area contributed by atoms with Crippen molar-refractivity contribution in [1.29, 1.82) is 0 Å². The van der Waals surface area contributed by atoms with Crippen molar-refractivity contribution >= 4 is 35.3 Å². The van der Waals surface area contributed by atoms with Gasteiger partial charge >= 0.3 is 0 Å². The molecule has 0 saturated carbocycles. The quantitative estimate of drug-likeness (QED) is 0.184. The van der Waals surface area contributed by atoms with E-state index in [9.17, 15) is 14.0 Å². The molecule has 0 unspecified atom stereocenters. The molecule has 4 aromatic rings. The smallest absolute Gasteiger partial charge is 0.265 e. The van der Waals surface area contributed by atoms with Gasteiger partial charge in [-0.2, -0.15) is 0 Å². The summed E-state index contributed by atoms with van der Waals surface area (Å²) in [6, 6.07) is 27.0. The zero-order valence-electron chi connectivity index (χ0n) is 24.1. The maximum Gasteiger partial charge on any atom is 0.265 e. The number of rotatable bonds is 11. The van der Waals surface area contributed by atoms with Crippen LogP contribution in [0.2, 0.25) is 0 Å².